The number of hydrogen-bond donors (Lipinski definition) is 3. The minimum atomic E-state index is -0.167. The van der Waals surface area contributed by atoms with Gasteiger partial charge in [-0.15, -0.1) is 0 Å². The van der Waals surface area contributed by atoms with Crippen LogP contribution in [-0.4, -0.2) is 47.3 Å². The molecule has 23 heavy (non-hydrogen) atoms. The molecule has 1 heterocycles. The third-order valence-electron chi connectivity index (χ3n) is 4.63. The van der Waals surface area contributed by atoms with Crippen LogP contribution in [0, 0.1) is 0 Å². The molecule has 3 unspecified atom stereocenters. The van der Waals surface area contributed by atoms with Gasteiger partial charge in [-0.2, -0.15) is 0 Å². The van der Waals surface area contributed by atoms with Gasteiger partial charge in [0.15, 0.2) is 0 Å². The fraction of sp³-hybridized carbons (Fsp3) is 0.611. The Morgan fingerprint density at radius 2 is 2.13 bits per heavy atom. The molecule has 3 atom stereocenters. The number of aliphatic hydroxyl groups excluding tert-OH is 1. The third-order valence-corrected chi connectivity index (χ3v) is 4.63. The quantitative estimate of drug-likeness (QED) is 0.752. The Morgan fingerprint density at radius 3 is 2.74 bits per heavy atom. The largest absolute Gasteiger partial charge is 0.394 e. The van der Waals surface area contributed by atoms with E-state index in [-0.39, 0.29) is 24.7 Å². The van der Waals surface area contributed by atoms with Crippen molar-refractivity contribution in [1.82, 2.24) is 15.5 Å². The zero-order valence-electron chi connectivity index (χ0n) is 14.2. The molecule has 0 bridgehead atoms. The zero-order chi connectivity index (χ0) is 16.7. The Morgan fingerprint density at radius 1 is 1.39 bits per heavy atom. The summed E-state index contributed by atoms with van der Waals surface area (Å²) in [6.07, 6.45) is 2.65. The number of piperidine rings is 1. The van der Waals surface area contributed by atoms with Gasteiger partial charge < -0.3 is 15.7 Å². The fourth-order valence-corrected chi connectivity index (χ4v) is 3.09. The molecular weight excluding hydrogens is 290 g/mol. The first-order valence-corrected chi connectivity index (χ1v) is 8.58. The maximum Gasteiger partial charge on any atom is 0.315 e. The molecule has 3 N–H and O–H groups in total. The Hall–Kier alpha value is -1.59. The maximum absolute atomic E-state index is 12.0. The number of amides is 2. The van der Waals surface area contributed by atoms with E-state index in [1.807, 2.05) is 13.0 Å². The van der Waals surface area contributed by atoms with Gasteiger partial charge in [0.1, 0.15) is 0 Å². The number of aliphatic hydroxyl groups is 1. The summed E-state index contributed by atoms with van der Waals surface area (Å²) in [5, 5.41) is 15.0. The van der Waals surface area contributed by atoms with Gasteiger partial charge >= 0.3 is 6.03 Å². The van der Waals surface area contributed by atoms with Crippen LogP contribution in [0.5, 0.6) is 0 Å². The molecule has 1 saturated heterocycles. The highest BCUT2D eigenvalue weighted by Crippen LogP contribution is 2.19. The lowest BCUT2D eigenvalue weighted by molar-refractivity contribution is 0.129. The van der Waals surface area contributed by atoms with Crippen molar-refractivity contribution in [3.8, 4) is 0 Å². The van der Waals surface area contributed by atoms with Gasteiger partial charge in [0, 0.05) is 25.2 Å². The smallest absolute Gasteiger partial charge is 0.315 e. The predicted octanol–water partition coefficient (Wildman–Crippen LogP) is 2.11. The van der Waals surface area contributed by atoms with Crippen LogP contribution in [0.3, 0.4) is 0 Å². The number of rotatable bonds is 6. The molecule has 0 saturated carbocycles. The van der Waals surface area contributed by atoms with Crippen molar-refractivity contribution >= 4 is 6.03 Å². The summed E-state index contributed by atoms with van der Waals surface area (Å²) in [7, 11) is 0. The van der Waals surface area contributed by atoms with Crippen molar-refractivity contribution in [2.45, 2.75) is 57.8 Å². The minimum Gasteiger partial charge on any atom is -0.394 e. The SMILES string of the molecule is CCC(CO)NC(=O)NC1CCN(Cc2ccccc2)C(C)C1. The molecule has 1 fully saturated rings. The van der Waals surface area contributed by atoms with E-state index in [9.17, 15) is 4.79 Å². The van der Waals surface area contributed by atoms with Crippen LogP contribution in [-0.2, 0) is 6.54 Å². The van der Waals surface area contributed by atoms with Crippen LogP contribution >= 0.6 is 0 Å². The van der Waals surface area contributed by atoms with Crippen molar-refractivity contribution in [1.29, 1.82) is 0 Å². The van der Waals surface area contributed by atoms with Crippen LogP contribution < -0.4 is 10.6 Å². The highest BCUT2D eigenvalue weighted by molar-refractivity contribution is 5.74. The van der Waals surface area contributed by atoms with Gasteiger partial charge in [-0.3, -0.25) is 4.90 Å². The van der Waals surface area contributed by atoms with E-state index in [4.69, 9.17) is 5.11 Å². The second kappa shape index (κ2) is 8.89. The molecule has 0 spiro atoms. The Labute approximate surface area is 139 Å². The Balaban J connectivity index is 1.78. The number of hydrogen-bond acceptors (Lipinski definition) is 3. The lowest BCUT2D eigenvalue weighted by Gasteiger charge is -2.38. The third kappa shape index (κ3) is 5.52. The van der Waals surface area contributed by atoms with Crippen LogP contribution in [0.25, 0.3) is 0 Å². The maximum atomic E-state index is 12.0. The number of nitrogens with zero attached hydrogens (tertiary/aromatic N) is 1. The van der Waals surface area contributed by atoms with Crippen molar-refractivity contribution in [2.24, 2.45) is 0 Å². The van der Waals surface area contributed by atoms with E-state index in [2.05, 4.69) is 46.7 Å². The molecule has 2 amide bonds. The minimum absolute atomic E-state index is 0.0180. The molecule has 1 aromatic rings. The number of urea groups is 1. The van der Waals surface area contributed by atoms with E-state index >= 15 is 0 Å². The molecule has 5 nitrogen and oxygen atoms in total. The van der Waals surface area contributed by atoms with E-state index in [0.717, 1.165) is 32.4 Å². The highest BCUT2D eigenvalue weighted by atomic mass is 16.3. The summed E-state index contributed by atoms with van der Waals surface area (Å²) in [6, 6.07) is 10.8. The van der Waals surface area contributed by atoms with E-state index in [0.29, 0.717) is 6.04 Å². The van der Waals surface area contributed by atoms with Crippen LogP contribution in [0.2, 0.25) is 0 Å². The summed E-state index contributed by atoms with van der Waals surface area (Å²) in [4.78, 5) is 14.4. The Kier molecular flexibility index (Phi) is 6.86. The normalized spacial score (nSPS) is 23.3. The van der Waals surface area contributed by atoms with Crippen molar-refractivity contribution < 1.29 is 9.90 Å². The molecule has 0 aromatic heterocycles. The molecule has 2 rings (SSSR count). The summed E-state index contributed by atoms with van der Waals surface area (Å²) in [5.41, 5.74) is 1.33. The van der Waals surface area contributed by atoms with Gasteiger partial charge in [-0.1, -0.05) is 37.3 Å². The van der Waals surface area contributed by atoms with Crippen molar-refractivity contribution in [3.63, 3.8) is 0 Å². The Bertz CT molecular complexity index is 476. The summed E-state index contributed by atoms with van der Waals surface area (Å²) < 4.78 is 0. The lowest BCUT2D eigenvalue weighted by atomic mass is 9.97. The average molecular weight is 319 g/mol. The molecule has 0 aliphatic carbocycles. The number of likely N-dealkylation sites (tertiary alicyclic amines) is 1. The topological polar surface area (TPSA) is 64.6 Å². The molecule has 1 aliphatic heterocycles. The van der Waals surface area contributed by atoms with Crippen LogP contribution in [0.4, 0.5) is 4.79 Å². The van der Waals surface area contributed by atoms with E-state index in [1.165, 1.54) is 5.56 Å². The van der Waals surface area contributed by atoms with E-state index < -0.39 is 0 Å². The summed E-state index contributed by atoms with van der Waals surface area (Å²) >= 11 is 0. The molecule has 0 radical (unpaired) electrons. The van der Waals surface area contributed by atoms with Crippen molar-refractivity contribution in [2.75, 3.05) is 13.2 Å². The average Bonchev–Trinajstić information content (AvgIpc) is 2.56. The van der Waals surface area contributed by atoms with Gasteiger partial charge in [0.2, 0.25) is 0 Å². The second-order valence-electron chi connectivity index (χ2n) is 6.43. The van der Waals surface area contributed by atoms with Gasteiger partial charge in [-0.25, -0.2) is 4.79 Å². The second-order valence-corrected chi connectivity index (χ2v) is 6.43. The van der Waals surface area contributed by atoms with Gasteiger partial charge in [0.05, 0.1) is 12.6 Å². The molecule has 1 aliphatic rings. The predicted molar refractivity (Wildman–Crippen MR) is 92.2 cm³/mol. The number of benzene rings is 1. The molecule has 128 valence electrons. The molecular formula is C18H29N3O2. The first kappa shape index (κ1) is 17.8. The molecule has 1 aromatic carbocycles. The fourth-order valence-electron chi connectivity index (χ4n) is 3.09. The lowest BCUT2D eigenvalue weighted by Crippen LogP contribution is -2.52. The first-order chi connectivity index (χ1) is 11.1. The number of nitrogens with one attached hydrogen (secondary N) is 2. The standard InChI is InChI=1S/C18H29N3O2/c1-3-16(13-22)19-18(23)20-17-9-10-21(14(2)11-17)12-15-7-5-4-6-8-15/h4-8,14,16-17,22H,3,9-13H2,1-2H3,(H2,19,20,23). The number of carbonyl (C=O) groups excluding carboxylic acids is 1. The first-order valence-electron chi connectivity index (χ1n) is 8.58. The van der Waals surface area contributed by atoms with Crippen LogP contribution in [0.15, 0.2) is 30.3 Å². The van der Waals surface area contributed by atoms with Crippen LogP contribution in [0.1, 0.15) is 38.7 Å². The summed E-state index contributed by atoms with van der Waals surface area (Å²) in [6.45, 7) is 6.10. The molecule has 5 heteroatoms. The zero-order valence-corrected chi connectivity index (χ0v) is 14.2. The van der Waals surface area contributed by atoms with Gasteiger partial charge in [-0.05, 0) is 31.7 Å². The number of carbonyl (C=O) groups is 1. The van der Waals surface area contributed by atoms with Gasteiger partial charge in [0.25, 0.3) is 0 Å². The monoisotopic (exact) mass is 319 g/mol. The summed E-state index contributed by atoms with van der Waals surface area (Å²) in [5.74, 6) is 0. The van der Waals surface area contributed by atoms with Crippen molar-refractivity contribution in [3.05, 3.63) is 35.9 Å². The van der Waals surface area contributed by atoms with E-state index in [1.54, 1.807) is 0 Å². The highest BCUT2D eigenvalue weighted by Gasteiger charge is 2.26.